The van der Waals surface area contributed by atoms with Gasteiger partial charge in [-0.3, -0.25) is 0 Å². The first-order valence-electron chi connectivity index (χ1n) is 9.67. The maximum atomic E-state index is 8.87. The summed E-state index contributed by atoms with van der Waals surface area (Å²) in [5, 5.41) is 11.4. The molecule has 0 amide bonds. The Labute approximate surface area is 169 Å². The second kappa shape index (κ2) is 8.56. The summed E-state index contributed by atoms with van der Waals surface area (Å²) in [5.74, 6) is 0. The summed E-state index contributed by atoms with van der Waals surface area (Å²) in [4.78, 5) is 0. The van der Waals surface area contributed by atoms with Crippen molar-refractivity contribution in [2.45, 2.75) is 38.8 Å². The molecule has 0 aliphatic rings. The fourth-order valence-corrected chi connectivity index (χ4v) is 8.34. The van der Waals surface area contributed by atoms with Gasteiger partial charge in [-0.2, -0.15) is 5.26 Å². The van der Waals surface area contributed by atoms with Gasteiger partial charge in [-0.15, -0.1) is 0 Å². The predicted octanol–water partition coefficient (Wildman–Crippen LogP) is 4.83. The van der Waals surface area contributed by atoms with Gasteiger partial charge >= 0.3 is 0 Å². The molecule has 0 spiro atoms. The molecular weight excluding hydrogens is 358 g/mol. The molecule has 0 aliphatic heterocycles. The van der Waals surface area contributed by atoms with E-state index in [0.29, 0.717) is 13.0 Å². The molecule has 0 heterocycles. The van der Waals surface area contributed by atoms with E-state index in [1.54, 1.807) is 0 Å². The molecule has 0 radical (unpaired) electrons. The first-order valence-corrected chi connectivity index (χ1v) is 11.6. The van der Waals surface area contributed by atoms with E-state index in [1.807, 2.05) is 12.1 Å². The van der Waals surface area contributed by atoms with E-state index in [4.69, 9.17) is 9.69 Å². The van der Waals surface area contributed by atoms with Gasteiger partial charge in [0.2, 0.25) is 0 Å². The molecule has 3 heteroatoms. The van der Waals surface area contributed by atoms with Crippen LogP contribution in [0.3, 0.4) is 0 Å². The molecule has 0 saturated heterocycles. The molecular formula is C25H27NOSi. The fourth-order valence-electron chi connectivity index (χ4n) is 3.80. The van der Waals surface area contributed by atoms with Crippen molar-refractivity contribution in [1.82, 2.24) is 0 Å². The molecule has 0 N–H and O–H groups in total. The van der Waals surface area contributed by atoms with E-state index in [2.05, 4.69) is 99.6 Å². The minimum atomic E-state index is -2.51. The van der Waals surface area contributed by atoms with Crippen LogP contribution in [0.4, 0.5) is 0 Å². The second-order valence-electron chi connectivity index (χ2n) is 8.10. The van der Waals surface area contributed by atoms with E-state index in [-0.39, 0.29) is 5.04 Å². The van der Waals surface area contributed by atoms with E-state index < -0.39 is 8.32 Å². The lowest BCUT2D eigenvalue weighted by Crippen LogP contribution is -2.66. The number of benzene rings is 3. The zero-order chi connectivity index (χ0) is 20.0. The Balaban J connectivity index is 2.02. The molecule has 28 heavy (non-hydrogen) atoms. The highest BCUT2D eigenvalue weighted by Crippen LogP contribution is 2.37. The first kappa shape index (κ1) is 20.1. The second-order valence-corrected chi connectivity index (χ2v) is 12.4. The van der Waals surface area contributed by atoms with Gasteiger partial charge in [0.1, 0.15) is 0 Å². The van der Waals surface area contributed by atoms with Gasteiger partial charge in [-0.05, 0) is 26.5 Å². The molecule has 2 nitrogen and oxygen atoms in total. The van der Waals surface area contributed by atoms with Gasteiger partial charge in [-0.25, -0.2) is 0 Å². The summed E-state index contributed by atoms with van der Waals surface area (Å²) in [5.41, 5.74) is 2.17. The van der Waals surface area contributed by atoms with Crippen LogP contribution in [0.1, 0.15) is 31.9 Å². The van der Waals surface area contributed by atoms with E-state index in [9.17, 15) is 0 Å². The lowest BCUT2D eigenvalue weighted by Gasteiger charge is -2.43. The average Bonchev–Trinajstić information content (AvgIpc) is 2.70. The van der Waals surface area contributed by atoms with Gasteiger partial charge in [0.15, 0.2) is 0 Å². The highest BCUT2D eigenvalue weighted by atomic mass is 28.4. The number of nitriles is 1. The van der Waals surface area contributed by atoms with Crippen molar-refractivity contribution in [3.05, 3.63) is 96.1 Å². The predicted molar refractivity (Wildman–Crippen MR) is 118 cm³/mol. The van der Waals surface area contributed by atoms with Crippen molar-refractivity contribution in [2.24, 2.45) is 0 Å². The van der Waals surface area contributed by atoms with Gasteiger partial charge in [0, 0.05) is 0 Å². The Morgan fingerprint density at radius 2 is 1.21 bits per heavy atom. The lowest BCUT2D eigenvalue weighted by atomic mass is 10.1. The zero-order valence-electron chi connectivity index (χ0n) is 16.9. The van der Waals surface area contributed by atoms with Crippen LogP contribution >= 0.6 is 0 Å². The molecule has 0 aliphatic carbocycles. The summed E-state index contributed by atoms with van der Waals surface area (Å²) >= 11 is 0. The standard InChI is InChI=1S/C25H27NOSi/c1-25(2,3)28(23-10-6-4-7-11-23,24-12-8-5-9-13-24)27-20-22-16-14-21(15-17-22)18-19-26/h4-17H,18,20H2,1-3H3. The van der Waals surface area contributed by atoms with E-state index >= 15 is 0 Å². The maximum absolute atomic E-state index is 8.87. The van der Waals surface area contributed by atoms with Crippen molar-refractivity contribution >= 4 is 18.7 Å². The van der Waals surface area contributed by atoms with Crippen molar-refractivity contribution in [3.63, 3.8) is 0 Å². The normalized spacial score (nSPS) is 11.8. The fraction of sp³-hybridized carbons (Fsp3) is 0.240. The smallest absolute Gasteiger partial charge is 0.261 e. The molecule has 0 aromatic heterocycles. The number of hydrogen-bond acceptors (Lipinski definition) is 2. The third kappa shape index (κ3) is 4.09. The van der Waals surface area contributed by atoms with E-state index in [0.717, 1.165) is 11.1 Å². The summed E-state index contributed by atoms with van der Waals surface area (Å²) in [6.07, 6.45) is 0.440. The maximum Gasteiger partial charge on any atom is 0.261 e. The third-order valence-corrected chi connectivity index (χ3v) is 10.2. The van der Waals surface area contributed by atoms with Crippen LogP contribution in [0, 0.1) is 11.3 Å². The van der Waals surface area contributed by atoms with Gasteiger partial charge in [0.05, 0.1) is 19.1 Å². The monoisotopic (exact) mass is 385 g/mol. The van der Waals surface area contributed by atoms with Crippen LogP contribution in [0.2, 0.25) is 5.04 Å². The summed E-state index contributed by atoms with van der Waals surface area (Å²) in [7, 11) is -2.51. The minimum Gasteiger partial charge on any atom is -0.403 e. The Kier molecular flexibility index (Phi) is 6.14. The number of rotatable bonds is 6. The Hall–Kier alpha value is -2.67. The van der Waals surface area contributed by atoms with Crippen LogP contribution in [-0.2, 0) is 17.5 Å². The SMILES string of the molecule is CC(C)(C)[Si](OCc1ccc(CC#N)cc1)(c1ccccc1)c1ccccc1. The molecule has 0 fully saturated rings. The highest BCUT2D eigenvalue weighted by Gasteiger charge is 2.50. The Morgan fingerprint density at radius 3 is 1.64 bits per heavy atom. The molecule has 0 atom stereocenters. The lowest BCUT2D eigenvalue weighted by molar-refractivity contribution is 0.286. The van der Waals surface area contributed by atoms with Crippen molar-refractivity contribution < 1.29 is 4.43 Å². The van der Waals surface area contributed by atoms with Gasteiger partial charge < -0.3 is 4.43 Å². The van der Waals surface area contributed by atoms with Crippen LogP contribution in [0.25, 0.3) is 0 Å². The van der Waals surface area contributed by atoms with Crippen LogP contribution in [-0.4, -0.2) is 8.32 Å². The molecule has 0 bridgehead atoms. The van der Waals surface area contributed by atoms with Gasteiger partial charge in [0.25, 0.3) is 8.32 Å². The highest BCUT2D eigenvalue weighted by molar-refractivity contribution is 6.99. The zero-order valence-corrected chi connectivity index (χ0v) is 17.9. The average molecular weight is 386 g/mol. The minimum absolute atomic E-state index is 0.0313. The van der Waals surface area contributed by atoms with Crippen LogP contribution in [0.5, 0.6) is 0 Å². The molecule has 0 saturated carbocycles. The van der Waals surface area contributed by atoms with Gasteiger partial charge in [-0.1, -0.05) is 106 Å². The largest absolute Gasteiger partial charge is 0.403 e. The molecule has 142 valence electrons. The molecule has 3 aromatic rings. The molecule has 3 aromatic carbocycles. The van der Waals surface area contributed by atoms with Crippen LogP contribution in [0.15, 0.2) is 84.9 Å². The first-order chi connectivity index (χ1) is 13.5. The van der Waals surface area contributed by atoms with Crippen molar-refractivity contribution in [3.8, 4) is 6.07 Å². The van der Waals surface area contributed by atoms with Crippen molar-refractivity contribution in [2.75, 3.05) is 0 Å². The Bertz CT molecular complexity index is 883. The summed E-state index contributed by atoms with van der Waals surface area (Å²) in [6, 6.07) is 31.8. The summed E-state index contributed by atoms with van der Waals surface area (Å²) in [6.45, 7) is 7.42. The van der Waals surface area contributed by atoms with E-state index in [1.165, 1.54) is 10.4 Å². The van der Waals surface area contributed by atoms with Crippen molar-refractivity contribution in [1.29, 1.82) is 5.26 Å². The number of hydrogen-bond donors (Lipinski definition) is 0. The quantitative estimate of drug-likeness (QED) is 0.570. The Morgan fingerprint density at radius 1 is 0.750 bits per heavy atom. The molecule has 0 unspecified atom stereocenters. The number of nitrogens with zero attached hydrogens (tertiary/aromatic N) is 1. The topological polar surface area (TPSA) is 33.0 Å². The summed E-state index contributed by atoms with van der Waals surface area (Å²) < 4.78 is 6.93. The van der Waals surface area contributed by atoms with Crippen LogP contribution < -0.4 is 10.4 Å². The molecule has 3 rings (SSSR count). The third-order valence-electron chi connectivity index (χ3n) is 5.18.